The second kappa shape index (κ2) is 6.69. The van der Waals surface area contributed by atoms with Gasteiger partial charge in [-0.15, -0.1) is 0 Å². The van der Waals surface area contributed by atoms with E-state index in [9.17, 15) is 4.79 Å². The van der Waals surface area contributed by atoms with Crippen LogP contribution in [0.5, 0.6) is 0 Å². The lowest BCUT2D eigenvalue weighted by Gasteiger charge is -2.16. The summed E-state index contributed by atoms with van der Waals surface area (Å²) in [4.78, 5) is 12.2. The molecule has 0 radical (unpaired) electrons. The highest BCUT2D eigenvalue weighted by atomic mass is 79.9. The Labute approximate surface area is 121 Å². The van der Waals surface area contributed by atoms with Gasteiger partial charge in [-0.1, -0.05) is 12.8 Å². The van der Waals surface area contributed by atoms with E-state index in [1.807, 2.05) is 0 Å². The van der Waals surface area contributed by atoms with E-state index in [0.717, 1.165) is 30.3 Å². The molecular formula is C14H16BrN3O. The first-order valence-corrected chi connectivity index (χ1v) is 7.24. The van der Waals surface area contributed by atoms with Gasteiger partial charge in [-0.25, -0.2) is 0 Å². The lowest BCUT2D eigenvalue weighted by atomic mass is 10.1. The molecule has 2 N–H and O–H groups in total. The van der Waals surface area contributed by atoms with E-state index in [4.69, 9.17) is 5.26 Å². The largest absolute Gasteiger partial charge is 0.324 e. The lowest BCUT2D eigenvalue weighted by Crippen LogP contribution is -2.39. The Morgan fingerprint density at radius 3 is 3.00 bits per heavy atom. The van der Waals surface area contributed by atoms with Crippen molar-refractivity contribution in [3.05, 3.63) is 28.2 Å². The van der Waals surface area contributed by atoms with Crippen molar-refractivity contribution in [1.29, 1.82) is 5.26 Å². The van der Waals surface area contributed by atoms with E-state index in [2.05, 4.69) is 32.6 Å². The molecule has 0 bridgehead atoms. The zero-order valence-corrected chi connectivity index (χ0v) is 12.2. The van der Waals surface area contributed by atoms with Crippen LogP contribution in [0.25, 0.3) is 0 Å². The highest BCUT2D eigenvalue weighted by Gasteiger charge is 2.20. The molecule has 4 nitrogen and oxygen atoms in total. The molecular weight excluding hydrogens is 306 g/mol. The molecule has 19 heavy (non-hydrogen) atoms. The monoisotopic (exact) mass is 321 g/mol. The van der Waals surface area contributed by atoms with Gasteiger partial charge < -0.3 is 10.6 Å². The van der Waals surface area contributed by atoms with Crippen LogP contribution in [0.3, 0.4) is 0 Å². The third kappa shape index (κ3) is 3.79. The third-order valence-corrected chi connectivity index (χ3v) is 3.89. The maximum atomic E-state index is 12.2. The predicted octanol–water partition coefficient (Wildman–Crippen LogP) is 2.79. The summed E-state index contributed by atoms with van der Waals surface area (Å²) in [5.41, 5.74) is 1.27. The van der Waals surface area contributed by atoms with Crippen LogP contribution in [0.2, 0.25) is 0 Å². The first kappa shape index (κ1) is 14.0. The Morgan fingerprint density at radius 2 is 2.26 bits per heavy atom. The summed E-state index contributed by atoms with van der Waals surface area (Å²) in [5.74, 6) is -0.00712. The molecule has 1 unspecified atom stereocenters. The zero-order valence-electron chi connectivity index (χ0n) is 10.6. The minimum atomic E-state index is -0.120. The van der Waals surface area contributed by atoms with Crippen LogP contribution in [-0.2, 0) is 4.79 Å². The van der Waals surface area contributed by atoms with Gasteiger partial charge in [0.15, 0.2) is 0 Å². The summed E-state index contributed by atoms with van der Waals surface area (Å²) in [6.45, 7) is 0.895. The molecule has 1 heterocycles. The van der Waals surface area contributed by atoms with Crippen molar-refractivity contribution in [3.63, 3.8) is 0 Å². The fraction of sp³-hybridized carbons (Fsp3) is 0.429. The Hall–Kier alpha value is -1.38. The lowest BCUT2D eigenvalue weighted by molar-refractivity contribution is -0.118. The molecule has 1 amide bonds. The molecule has 1 saturated heterocycles. The maximum absolute atomic E-state index is 12.2. The molecule has 0 saturated carbocycles. The molecule has 1 aliphatic rings. The van der Waals surface area contributed by atoms with Gasteiger partial charge in [-0.2, -0.15) is 5.26 Å². The second-order valence-electron chi connectivity index (χ2n) is 4.65. The number of rotatable bonds is 2. The van der Waals surface area contributed by atoms with Crippen LogP contribution in [-0.4, -0.2) is 18.5 Å². The number of carbonyl (C=O) groups excluding carboxylic acids is 1. The minimum absolute atomic E-state index is 0.00712. The topological polar surface area (TPSA) is 64.9 Å². The molecule has 1 aliphatic heterocycles. The molecule has 100 valence electrons. The molecule has 2 rings (SSSR count). The minimum Gasteiger partial charge on any atom is -0.324 e. The van der Waals surface area contributed by atoms with E-state index < -0.39 is 0 Å². The molecule has 0 spiro atoms. The van der Waals surface area contributed by atoms with Gasteiger partial charge >= 0.3 is 0 Å². The smallest absolute Gasteiger partial charge is 0.241 e. The summed E-state index contributed by atoms with van der Waals surface area (Å²) >= 11 is 3.37. The average molecular weight is 322 g/mol. The number of nitrogens with one attached hydrogen (secondary N) is 2. The molecule has 1 aromatic carbocycles. The number of carbonyl (C=O) groups is 1. The fourth-order valence-electron chi connectivity index (χ4n) is 2.16. The van der Waals surface area contributed by atoms with Crippen molar-refractivity contribution >= 4 is 27.5 Å². The second-order valence-corrected chi connectivity index (χ2v) is 5.51. The van der Waals surface area contributed by atoms with Crippen molar-refractivity contribution in [2.45, 2.75) is 31.7 Å². The van der Waals surface area contributed by atoms with Crippen LogP contribution in [0, 0.1) is 11.3 Å². The zero-order chi connectivity index (χ0) is 13.7. The van der Waals surface area contributed by atoms with Gasteiger partial charge in [-0.3, -0.25) is 4.79 Å². The van der Waals surface area contributed by atoms with Crippen LogP contribution in [0.4, 0.5) is 5.69 Å². The fourth-order valence-corrected chi connectivity index (χ4v) is 2.64. The SMILES string of the molecule is N#Cc1ccc(NC(=O)C2CCCCCN2)c(Br)c1. The molecule has 5 heteroatoms. The predicted molar refractivity (Wildman–Crippen MR) is 77.7 cm³/mol. The van der Waals surface area contributed by atoms with Crippen molar-refractivity contribution in [1.82, 2.24) is 5.32 Å². The van der Waals surface area contributed by atoms with Crippen LogP contribution >= 0.6 is 15.9 Å². The van der Waals surface area contributed by atoms with Gasteiger partial charge in [0.05, 0.1) is 23.4 Å². The van der Waals surface area contributed by atoms with Crippen LogP contribution in [0.15, 0.2) is 22.7 Å². The number of hydrogen-bond acceptors (Lipinski definition) is 3. The highest BCUT2D eigenvalue weighted by Crippen LogP contribution is 2.24. The van der Waals surface area contributed by atoms with Crippen LogP contribution in [0.1, 0.15) is 31.2 Å². The van der Waals surface area contributed by atoms with Gasteiger partial charge in [0.25, 0.3) is 0 Å². The van der Waals surface area contributed by atoms with Gasteiger partial charge in [-0.05, 0) is 53.5 Å². The number of hydrogen-bond donors (Lipinski definition) is 2. The number of halogens is 1. The first-order chi connectivity index (χ1) is 9.20. The number of benzene rings is 1. The average Bonchev–Trinajstić information content (AvgIpc) is 2.70. The Kier molecular flexibility index (Phi) is 4.94. The van der Waals surface area contributed by atoms with Crippen molar-refractivity contribution in [2.24, 2.45) is 0 Å². The van der Waals surface area contributed by atoms with Crippen molar-refractivity contribution in [2.75, 3.05) is 11.9 Å². The molecule has 1 fully saturated rings. The van der Waals surface area contributed by atoms with E-state index in [0.29, 0.717) is 11.3 Å². The van der Waals surface area contributed by atoms with Gasteiger partial charge in [0.1, 0.15) is 0 Å². The van der Waals surface area contributed by atoms with Gasteiger partial charge in [0, 0.05) is 4.47 Å². The number of nitrogens with zero attached hydrogens (tertiary/aromatic N) is 1. The number of amides is 1. The Balaban J connectivity index is 2.04. The summed E-state index contributed by atoms with van der Waals surface area (Å²) < 4.78 is 0.730. The standard InChI is InChI=1S/C14H16BrN3O/c15-11-8-10(9-16)5-6-12(11)18-14(19)13-4-2-1-3-7-17-13/h5-6,8,13,17H,1-4,7H2,(H,18,19). The summed E-state index contributed by atoms with van der Waals surface area (Å²) in [5, 5.41) is 15.0. The quantitative estimate of drug-likeness (QED) is 0.880. The third-order valence-electron chi connectivity index (χ3n) is 3.23. The summed E-state index contributed by atoms with van der Waals surface area (Å²) in [7, 11) is 0. The van der Waals surface area contributed by atoms with E-state index in [1.54, 1.807) is 18.2 Å². The first-order valence-electron chi connectivity index (χ1n) is 6.44. The Bertz CT molecular complexity index is 502. The summed E-state index contributed by atoms with van der Waals surface area (Å²) in [6.07, 6.45) is 4.26. The van der Waals surface area contributed by atoms with E-state index in [1.165, 1.54) is 6.42 Å². The van der Waals surface area contributed by atoms with E-state index >= 15 is 0 Å². The molecule has 1 aromatic rings. The normalized spacial score (nSPS) is 19.3. The van der Waals surface area contributed by atoms with Crippen molar-refractivity contribution in [3.8, 4) is 6.07 Å². The van der Waals surface area contributed by atoms with Crippen LogP contribution < -0.4 is 10.6 Å². The molecule has 0 aromatic heterocycles. The van der Waals surface area contributed by atoms with Gasteiger partial charge in [0.2, 0.25) is 5.91 Å². The summed E-state index contributed by atoms with van der Waals surface area (Å²) in [6, 6.07) is 7.09. The number of nitriles is 1. The van der Waals surface area contributed by atoms with E-state index in [-0.39, 0.29) is 11.9 Å². The molecule has 0 aliphatic carbocycles. The highest BCUT2D eigenvalue weighted by molar-refractivity contribution is 9.10. The Morgan fingerprint density at radius 1 is 1.42 bits per heavy atom. The van der Waals surface area contributed by atoms with Crippen molar-refractivity contribution < 1.29 is 4.79 Å². The molecule has 1 atom stereocenters. The number of anilines is 1. The maximum Gasteiger partial charge on any atom is 0.241 e.